The van der Waals surface area contributed by atoms with Gasteiger partial charge >= 0.3 is 0 Å². The number of hydrogen-bond donors (Lipinski definition) is 1. The second-order valence-electron chi connectivity index (χ2n) is 8.94. The van der Waals surface area contributed by atoms with Crippen LogP contribution in [0.5, 0.6) is 0 Å². The van der Waals surface area contributed by atoms with Crippen molar-refractivity contribution < 1.29 is 13.5 Å². The molecule has 2 N–H and O–H groups in total. The Morgan fingerprint density at radius 1 is 1.21 bits per heavy atom. The highest BCUT2D eigenvalue weighted by Crippen LogP contribution is 2.35. The number of hydrogen-bond acceptors (Lipinski definition) is 4. The van der Waals surface area contributed by atoms with E-state index in [4.69, 9.17) is 15.5 Å². The summed E-state index contributed by atoms with van der Waals surface area (Å²) in [7, 11) is 0. The fourth-order valence-corrected chi connectivity index (χ4v) is 4.66. The number of aromatic nitrogens is 2. The van der Waals surface area contributed by atoms with Gasteiger partial charge in [-0.3, -0.25) is 4.90 Å². The van der Waals surface area contributed by atoms with Crippen LogP contribution in [0, 0.1) is 18.6 Å². The molecule has 28 heavy (non-hydrogen) atoms. The van der Waals surface area contributed by atoms with E-state index in [2.05, 4.69) is 30.2 Å². The van der Waals surface area contributed by atoms with Gasteiger partial charge in [0.15, 0.2) is 0 Å². The Morgan fingerprint density at radius 3 is 2.64 bits per heavy atom. The van der Waals surface area contributed by atoms with E-state index in [1.807, 2.05) is 6.92 Å². The van der Waals surface area contributed by atoms with E-state index in [1.165, 1.54) is 11.8 Å². The molecule has 3 heterocycles. The first-order chi connectivity index (χ1) is 13.1. The van der Waals surface area contributed by atoms with E-state index in [0.717, 1.165) is 36.7 Å². The molecular weight excluding hydrogens is 362 g/mol. The molecule has 0 aliphatic carbocycles. The lowest BCUT2D eigenvalue weighted by Gasteiger charge is -2.38. The van der Waals surface area contributed by atoms with Crippen molar-refractivity contribution in [2.24, 2.45) is 5.73 Å². The third-order valence-electron chi connectivity index (χ3n) is 5.78. The number of rotatable bonds is 2. The molecule has 2 aliphatic rings. The number of imidazole rings is 1. The van der Waals surface area contributed by atoms with Crippen molar-refractivity contribution in [2.45, 2.75) is 70.9 Å². The Balaban J connectivity index is 1.48. The Kier molecular flexibility index (Phi) is 4.80. The molecule has 2 aliphatic heterocycles. The van der Waals surface area contributed by atoms with E-state index in [-0.39, 0.29) is 17.1 Å². The highest BCUT2D eigenvalue weighted by Gasteiger charge is 2.38. The molecule has 0 radical (unpaired) electrons. The topological polar surface area (TPSA) is 56.3 Å². The summed E-state index contributed by atoms with van der Waals surface area (Å²) in [5.74, 6) is 0.0770. The summed E-state index contributed by atoms with van der Waals surface area (Å²) in [6.45, 7) is 10.6. The Morgan fingerprint density at radius 2 is 1.96 bits per heavy atom. The number of ether oxygens (including phenoxy) is 1. The van der Waals surface area contributed by atoms with Crippen molar-refractivity contribution in [3.05, 3.63) is 52.6 Å². The van der Waals surface area contributed by atoms with Crippen LogP contribution in [0.2, 0.25) is 0 Å². The SMILES string of the molecule is Cc1nc2c(n1C(C)(C)C)CN([C@H]1CO[C@H](c3cc(F)ccc3F)[C@@H](N)C1)C2. The zero-order valence-electron chi connectivity index (χ0n) is 16.9. The Labute approximate surface area is 164 Å². The minimum absolute atomic E-state index is 0.0276. The van der Waals surface area contributed by atoms with E-state index in [9.17, 15) is 8.78 Å². The quantitative estimate of drug-likeness (QED) is 0.854. The highest BCUT2D eigenvalue weighted by atomic mass is 19.1. The largest absolute Gasteiger partial charge is 0.370 e. The Hall–Kier alpha value is -1.83. The van der Waals surface area contributed by atoms with Gasteiger partial charge in [0, 0.05) is 36.3 Å². The monoisotopic (exact) mass is 390 g/mol. The number of halogens is 2. The van der Waals surface area contributed by atoms with Crippen LogP contribution < -0.4 is 5.73 Å². The molecule has 2 aromatic rings. The number of nitrogens with zero attached hydrogens (tertiary/aromatic N) is 3. The first-order valence-corrected chi connectivity index (χ1v) is 9.79. The smallest absolute Gasteiger partial charge is 0.129 e. The second-order valence-corrected chi connectivity index (χ2v) is 8.94. The molecule has 1 aromatic heterocycles. The van der Waals surface area contributed by atoms with Gasteiger partial charge in [0.2, 0.25) is 0 Å². The average molecular weight is 390 g/mol. The summed E-state index contributed by atoms with van der Waals surface area (Å²) >= 11 is 0. The molecular formula is C21H28F2N4O. The molecule has 0 unspecified atom stereocenters. The summed E-state index contributed by atoms with van der Waals surface area (Å²) in [6.07, 6.45) is 0.0417. The number of aryl methyl sites for hydroxylation is 1. The van der Waals surface area contributed by atoms with Gasteiger partial charge in [-0.25, -0.2) is 13.8 Å². The van der Waals surface area contributed by atoms with Gasteiger partial charge in [-0.2, -0.15) is 0 Å². The minimum atomic E-state index is -0.624. The first kappa shape index (κ1) is 19.5. The zero-order valence-corrected chi connectivity index (χ0v) is 16.9. The standard InChI is InChI=1S/C21H28F2N4O/c1-12-25-18-9-26(10-19(18)27(12)21(2,3)4)14-8-17(24)20(28-11-14)15-7-13(22)5-6-16(15)23/h5-7,14,17,20H,8-11,24H2,1-4H3/t14-,17+,20-/m1/s1. The lowest BCUT2D eigenvalue weighted by molar-refractivity contribution is -0.0536. The van der Waals surface area contributed by atoms with Crippen LogP contribution in [-0.2, 0) is 23.4 Å². The maximum absolute atomic E-state index is 14.1. The van der Waals surface area contributed by atoms with Gasteiger partial charge in [0.1, 0.15) is 23.6 Å². The van der Waals surface area contributed by atoms with Crippen molar-refractivity contribution >= 4 is 0 Å². The summed E-state index contributed by atoms with van der Waals surface area (Å²) in [4.78, 5) is 7.09. The predicted octanol–water partition coefficient (Wildman–Crippen LogP) is 3.40. The lowest BCUT2D eigenvalue weighted by atomic mass is 9.93. The summed E-state index contributed by atoms with van der Waals surface area (Å²) in [5.41, 5.74) is 8.86. The predicted molar refractivity (Wildman–Crippen MR) is 103 cm³/mol. The Bertz CT molecular complexity index is 889. The average Bonchev–Trinajstić information content (AvgIpc) is 3.12. The molecule has 1 saturated heterocycles. The van der Waals surface area contributed by atoms with Gasteiger partial charge in [-0.1, -0.05) is 0 Å². The summed E-state index contributed by atoms with van der Waals surface area (Å²) in [5, 5.41) is 0. The number of fused-ring (bicyclic) bond motifs is 1. The van der Waals surface area contributed by atoms with Gasteiger partial charge in [-0.05, 0) is 52.3 Å². The van der Waals surface area contributed by atoms with Gasteiger partial charge in [-0.15, -0.1) is 0 Å². The molecule has 3 atom stereocenters. The molecule has 152 valence electrons. The van der Waals surface area contributed by atoms with E-state index in [0.29, 0.717) is 13.0 Å². The van der Waals surface area contributed by atoms with Crippen LogP contribution >= 0.6 is 0 Å². The van der Waals surface area contributed by atoms with Crippen LogP contribution in [0.4, 0.5) is 8.78 Å². The fourth-order valence-electron chi connectivity index (χ4n) is 4.66. The molecule has 1 aromatic carbocycles. The van der Waals surface area contributed by atoms with Crippen LogP contribution in [0.15, 0.2) is 18.2 Å². The van der Waals surface area contributed by atoms with Crippen molar-refractivity contribution in [1.29, 1.82) is 0 Å². The molecule has 0 saturated carbocycles. The molecule has 1 fully saturated rings. The van der Waals surface area contributed by atoms with Crippen molar-refractivity contribution in [3.63, 3.8) is 0 Å². The van der Waals surface area contributed by atoms with Gasteiger partial charge in [0.25, 0.3) is 0 Å². The van der Waals surface area contributed by atoms with Crippen LogP contribution in [0.1, 0.15) is 56.1 Å². The molecule has 5 nitrogen and oxygen atoms in total. The van der Waals surface area contributed by atoms with Crippen LogP contribution in [-0.4, -0.2) is 33.1 Å². The summed E-state index contributed by atoms with van der Waals surface area (Å²) in [6, 6.07) is 3.16. The molecule has 7 heteroatoms. The normalized spacial score (nSPS) is 25.9. The van der Waals surface area contributed by atoms with E-state index < -0.39 is 23.8 Å². The number of benzene rings is 1. The van der Waals surface area contributed by atoms with E-state index in [1.54, 1.807) is 0 Å². The van der Waals surface area contributed by atoms with Crippen LogP contribution in [0.25, 0.3) is 0 Å². The molecule has 0 bridgehead atoms. The van der Waals surface area contributed by atoms with Crippen molar-refractivity contribution in [2.75, 3.05) is 6.61 Å². The second kappa shape index (κ2) is 6.90. The molecule has 0 spiro atoms. The fraction of sp³-hybridized carbons (Fsp3) is 0.571. The van der Waals surface area contributed by atoms with Gasteiger partial charge in [0.05, 0.1) is 18.0 Å². The zero-order chi connectivity index (χ0) is 20.2. The van der Waals surface area contributed by atoms with Crippen LogP contribution in [0.3, 0.4) is 0 Å². The van der Waals surface area contributed by atoms with Crippen molar-refractivity contribution in [3.8, 4) is 0 Å². The maximum atomic E-state index is 14.1. The number of nitrogens with two attached hydrogens (primary N) is 1. The highest BCUT2D eigenvalue weighted by molar-refractivity contribution is 5.25. The summed E-state index contributed by atoms with van der Waals surface area (Å²) < 4.78 is 35.9. The van der Waals surface area contributed by atoms with E-state index >= 15 is 0 Å². The van der Waals surface area contributed by atoms with Crippen molar-refractivity contribution in [1.82, 2.24) is 14.5 Å². The third kappa shape index (κ3) is 3.36. The molecule has 0 amide bonds. The minimum Gasteiger partial charge on any atom is -0.370 e. The lowest BCUT2D eigenvalue weighted by Crippen LogP contribution is -2.48. The maximum Gasteiger partial charge on any atom is 0.129 e. The molecule has 4 rings (SSSR count). The third-order valence-corrected chi connectivity index (χ3v) is 5.78. The van der Waals surface area contributed by atoms with Gasteiger partial charge < -0.3 is 15.0 Å². The first-order valence-electron chi connectivity index (χ1n) is 9.79.